The van der Waals surface area contributed by atoms with Crippen LogP contribution in [0.15, 0.2) is 48.5 Å². The molecule has 0 heterocycles. The Labute approximate surface area is 132 Å². The minimum Gasteiger partial charge on any atom is -0.492 e. The highest BCUT2D eigenvalue weighted by atomic mass is 35.5. The molecule has 0 bridgehead atoms. The van der Waals surface area contributed by atoms with Crippen LogP contribution < -0.4 is 10.1 Å². The third kappa shape index (κ3) is 4.98. The van der Waals surface area contributed by atoms with Crippen LogP contribution in [0, 0.1) is 0 Å². The fourth-order valence-electron chi connectivity index (χ4n) is 2.09. The van der Waals surface area contributed by atoms with Gasteiger partial charge < -0.3 is 10.1 Å². The summed E-state index contributed by atoms with van der Waals surface area (Å²) in [5, 5.41) is 4.02. The second kappa shape index (κ2) is 7.94. The highest BCUT2D eigenvalue weighted by molar-refractivity contribution is 6.30. The molecule has 2 rings (SSSR count). The largest absolute Gasteiger partial charge is 0.492 e. The van der Waals surface area contributed by atoms with E-state index in [1.807, 2.05) is 36.4 Å². The summed E-state index contributed by atoms with van der Waals surface area (Å²) in [6.07, 6.45) is 1.16. The lowest BCUT2D eigenvalue weighted by Crippen LogP contribution is -2.11. The van der Waals surface area contributed by atoms with Gasteiger partial charge in [0.05, 0.1) is 0 Å². The zero-order valence-electron chi connectivity index (χ0n) is 12.6. The lowest BCUT2D eigenvalue weighted by molar-refractivity contribution is 0.332. The molecule has 2 aromatic carbocycles. The average molecular weight is 304 g/mol. The molecule has 2 nitrogen and oxygen atoms in total. The molecular formula is C18H22ClNO. The summed E-state index contributed by atoms with van der Waals surface area (Å²) in [4.78, 5) is 0. The molecule has 3 heteroatoms. The highest BCUT2D eigenvalue weighted by Crippen LogP contribution is 2.21. The molecule has 1 unspecified atom stereocenters. The maximum absolute atomic E-state index is 5.93. The Hall–Kier alpha value is -1.67. The van der Waals surface area contributed by atoms with E-state index in [0.29, 0.717) is 12.5 Å². The second-order valence-corrected chi connectivity index (χ2v) is 5.60. The van der Waals surface area contributed by atoms with E-state index in [2.05, 4.69) is 31.3 Å². The van der Waals surface area contributed by atoms with Crippen LogP contribution in [0.3, 0.4) is 0 Å². The van der Waals surface area contributed by atoms with Crippen molar-refractivity contribution in [3.8, 4) is 5.75 Å². The number of ether oxygens (including phenoxy) is 1. The Morgan fingerprint density at radius 3 is 2.57 bits per heavy atom. The van der Waals surface area contributed by atoms with Gasteiger partial charge in [0.15, 0.2) is 0 Å². The first-order valence-electron chi connectivity index (χ1n) is 7.41. The quantitative estimate of drug-likeness (QED) is 0.697. The van der Waals surface area contributed by atoms with Crippen molar-refractivity contribution in [1.82, 2.24) is 0 Å². The standard InChI is InChI=1S/C18H22ClNO/c1-3-14(2)15-7-9-18(10-8-15)21-12-11-20-17-6-4-5-16(19)13-17/h4-10,13-14,20H,3,11-12H2,1-2H3. The van der Waals surface area contributed by atoms with Crippen molar-refractivity contribution >= 4 is 17.3 Å². The van der Waals surface area contributed by atoms with Crippen LogP contribution in [0.4, 0.5) is 5.69 Å². The smallest absolute Gasteiger partial charge is 0.119 e. The van der Waals surface area contributed by atoms with Crippen LogP contribution in [-0.2, 0) is 0 Å². The molecule has 0 spiro atoms. The zero-order chi connectivity index (χ0) is 15.1. The summed E-state index contributed by atoms with van der Waals surface area (Å²) >= 11 is 5.93. The number of halogens is 1. The molecule has 21 heavy (non-hydrogen) atoms. The molecule has 1 atom stereocenters. The Balaban J connectivity index is 1.76. The van der Waals surface area contributed by atoms with Crippen molar-refractivity contribution in [2.24, 2.45) is 0 Å². The first-order chi connectivity index (χ1) is 10.2. The fourth-order valence-corrected chi connectivity index (χ4v) is 2.28. The third-order valence-electron chi connectivity index (χ3n) is 3.59. The molecular weight excluding hydrogens is 282 g/mol. The van der Waals surface area contributed by atoms with Crippen LogP contribution in [-0.4, -0.2) is 13.2 Å². The molecule has 0 aliphatic carbocycles. The number of hydrogen-bond donors (Lipinski definition) is 1. The second-order valence-electron chi connectivity index (χ2n) is 5.16. The van der Waals surface area contributed by atoms with Gasteiger partial charge in [-0.05, 0) is 48.2 Å². The van der Waals surface area contributed by atoms with E-state index in [1.54, 1.807) is 0 Å². The van der Waals surface area contributed by atoms with Crippen molar-refractivity contribution in [1.29, 1.82) is 0 Å². The van der Waals surface area contributed by atoms with Gasteiger partial charge in [0.25, 0.3) is 0 Å². The summed E-state index contributed by atoms with van der Waals surface area (Å²) in [6.45, 7) is 5.81. The van der Waals surface area contributed by atoms with Gasteiger partial charge in [-0.3, -0.25) is 0 Å². The van der Waals surface area contributed by atoms with E-state index in [0.717, 1.165) is 29.4 Å². The topological polar surface area (TPSA) is 21.3 Å². The van der Waals surface area contributed by atoms with Gasteiger partial charge in [0.1, 0.15) is 12.4 Å². The van der Waals surface area contributed by atoms with Crippen LogP contribution in [0.25, 0.3) is 0 Å². The normalized spacial score (nSPS) is 12.0. The predicted octanol–water partition coefficient (Wildman–Crippen LogP) is 5.34. The number of anilines is 1. The van der Waals surface area contributed by atoms with Crippen molar-refractivity contribution < 1.29 is 4.74 Å². The molecule has 0 aliphatic heterocycles. The maximum Gasteiger partial charge on any atom is 0.119 e. The first-order valence-corrected chi connectivity index (χ1v) is 7.79. The number of nitrogens with one attached hydrogen (secondary N) is 1. The van der Waals surface area contributed by atoms with E-state index < -0.39 is 0 Å². The van der Waals surface area contributed by atoms with Gasteiger partial charge in [-0.1, -0.05) is 43.6 Å². The van der Waals surface area contributed by atoms with Crippen molar-refractivity contribution in [3.63, 3.8) is 0 Å². The summed E-state index contributed by atoms with van der Waals surface area (Å²) in [5.74, 6) is 1.51. The van der Waals surface area contributed by atoms with Gasteiger partial charge in [-0.2, -0.15) is 0 Å². The summed E-state index contributed by atoms with van der Waals surface area (Å²) in [5.41, 5.74) is 2.38. The van der Waals surface area contributed by atoms with Crippen molar-refractivity contribution in [3.05, 3.63) is 59.1 Å². The summed E-state index contributed by atoms with van der Waals surface area (Å²) in [7, 11) is 0. The Kier molecular flexibility index (Phi) is 5.94. The van der Waals surface area contributed by atoms with E-state index in [4.69, 9.17) is 16.3 Å². The molecule has 0 saturated heterocycles. The van der Waals surface area contributed by atoms with Crippen LogP contribution in [0.2, 0.25) is 5.02 Å². The molecule has 0 saturated carbocycles. The highest BCUT2D eigenvalue weighted by Gasteiger charge is 2.02. The Morgan fingerprint density at radius 1 is 1.14 bits per heavy atom. The summed E-state index contributed by atoms with van der Waals surface area (Å²) < 4.78 is 5.73. The van der Waals surface area contributed by atoms with Gasteiger partial charge in [0, 0.05) is 17.3 Å². The monoisotopic (exact) mass is 303 g/mol. The number of hydrogen-bond acceptors (Lipinski definition) is 2. The van der Waals surface area contributed by atoms with Crippen LogP contribution >= 0.6 is 11.6 Å². The van der Waals surface area contributed by atoms with Crippen molar-refractivity contribution in [2.45, 2.75) is 26.2 Å². The Bertz CT molecular complexity index is 553. The van der Waals surface area contributed by atoms with E-state index in [1.165, 1.54) is 5.56 Å². The number of rotatable bonds is 7. The lowest BCUT2D eigenvalue weighted by Gasteiger charge is -2.11. The molecule has 0 aliphatic rings. The van der Waals surface area contributed by atoms with E-state index >= 15 is 0 Å². The SMILES string of the molecule is CCC(C)c1ccc(OCCNc2cccc(Cl)c2)cc1. The van der Waals surface area contributed by atoms with Crippen LogP contribution in [0.5, 0.6) is 5.75 Å². The molecule has 1 N–H and O–H groups in total. The lowest BCUT2D eigenvalue weighted by atomic mass is 9.99. The van der Waals surface area contributed by atoms with Gasteiger partial charge in [-0.25, -0.2) is 0 Å². The van der Waals surface area contributed by atoms with Gasteiger partial charge in [0.2, 0.25) is 0 Å². The maximum atomic E-state index is 5.93. The third-order valence-corrected chi connectivity index (χ3v) is 3.82. The minimum absolute atomic E-state index is 0.601. The minimum atomic E-state index is 0.601. The number of benzene rings is 2. The Morgan fingerprint density at radius 2 is 1.90 bits per heavy atom. The fraction of sp³-hybridized carbons (Fsp3) is 0.333. The van der Waals surface area contributed by atoms with E-state index in [-0.39, 0.29) is 0 Å². The average Bonchev–Trinajstić information content (AvgIpc) is 2.51. The molecule has 2 aromatic rings. The van der Waals surface area contributed by atoms with Crippen molar-refractivity contribution in [2.75, 3.05) is 18.5 Å². The van der Waals surface area contributed by atoms with Crippen LogP contribution in [0.1, 0.15) is 31.7 Å². The molecule has 0 radical (unpaired) electrons. The van der Waals surface area contributed by atoms with Gasteiger partial charge >= 0.3 is 0 Å². The summed E-state index contributed by atoms with van der Waals surface area (Å²) in [6, 6.07) is 16.1. The first kappa shape index (κ1) is 15.7. The molecule has 0 aromatic heterocycles. The zero-order valence-corrected chi connectivity index (χ0v) is 13.4. The molecule has 112 valence electrons. The van der Waals surface area contributed by atoms with E-state index in [9.17, 15) is 0 Å². The van der Waals surface area contributed by atoms with Gasteiger partial charge in [-0.15, -0.1) is 0 Å². The predicted molar refractivity (Wildman–Crippen MR) is 90.6 cm³/mol. The molecule has 0 amide bonds. The molecule has 0 fully saturated rings.